The van der Waals surface area contributed by atoms with Crippen molar-refractivity contribution in [2.45, 2.75) is 12.6 Å². The highest BCUT2D eigenvalue weighted by molar-refractivity contribution is 7.21. The predicted molar refractivity (Wildman–Crippen MR) is 83.0 cm³/mol. The Hall–Kier alpha value is -1.47. The van der Waals surface area contributed by atoms with Crippen molar-refractivity contribution >= 4 is 27.4 Å². The van der Waals surface area contributed by atoms with Gasteiger partial charge in [-0.1, -0.05) is 18.2 Å². The molecule has 0 saturated heterocycles. The minimum Gasteiger partial charge on any atom is -0.477 e. The first-order chi connectivity index (χ1) is 10.0. The first kappa shape index (κ1) is 15.9. The molecular formula is C15H19NO4S. The molecule has 114 valence electrons. The van der Waals surface area contributed by atoms with Crippen molar-refractivity contribution in [2.24, 2.45) is 0 Å². The second kappa shape index (κ2) is 7.00. The number of hydrogen-bond acceptors (Lipinski definition) is 5. The average molecular weight is 309 g/mol. The van der Waals surface area contributed by atoms with Crippen molar-refractivity contribution in [3.05, 3.63) is 34.7 Å². The summed E-state index contributed by atoms with van der Waals surface area (Å²) in [5.41, 5.74) is 0.801. The van der Waals surface area contributed by atoms with Gasteiger partial charge in [-0.2, -0.15) is 0 Å². The number of benzene rings is 1. The highest BCUT2D eigenvalue weighted by Gasteiger charge is 2.19. The first-order valence-electron chi connectivity index (χ1n) is 6.62. The molecule has 0 radical (unpaired) electrons. The molecule has 1 aromatic carbocycles. The molecule has 5 nitrogen and oxygen atoms in total. The summed E-state index contributed by atoms with van der Waals surface area (Å²) >= 11 is 1.29. The van der Waals surface area contributed by atoms with E-state index in [1.54, 1.807) is 0 Å². The molecule has 0 saturated carbocycles. The number of hydrogen-bond donors (Lipinski definition) is 2. The number of thiophene rings is 1. The van der Waals surface area contributed by atoms with Crippen LogP contribution in [0.15, 0.2) is 24.3 Å². The van der Waals surface area contributed by atoms with Crippen molar-refractivity contribution in [1.29, 1.82) is 0 Å². The predicted octanol–water partition coefficient (Wildman–Crippen LogP) is 2.04. The lowest BCUT2D eigenvalue weighted by Gasteiger charge is -2.20. The molecule has 0 spiro atoms. The molecule has 21 heavy (non-hydrogen) atoms. The van der Waals surface area contributed by atoms with E-state index >= 15 is 0 Å². The summed E-state index contributed by atoms with van der Waals surface area (Å²) < 4.78 is 5.87. The summed E-state index contributed by atoms with van der Waals surface area (Å²) in [5, 5.41) is 20.1. The highest BCUT2D eigenvalue weighted by atomic mass is 32.1. The van der Waals surface area contributed by atoms with Crippen LogP contribution in [-0.2, 0) is 11.3 Å². The fourth-order valence-corrected chi connectivity index (χ4v) is 3.42. The zero-order valence-corrected chi connectivity index (χ0v) is 12.9. The molecule has 2 aromatic rings. The van der Waals surface area contributed by atoms with Crippen LogP contribution in [0.3, 0.4) is 0 Å². The van der Waals surface area contributed by atoms with Crippen LogP contribution in [0.2, 0.25) is 0 Å². The Kier molecular flexibility index (Phi) is 5.30. The zero-order valence-electron chi connectivity index (χ0n) is 12.1. The Morgan fingerprint density at radius 2 is 2.14 bits per heavy atom. The van der Waals surface area contributed by atoms with E-state index in [4.69, 9.17) is 4.74 Å². The Morgan fingerprint density at radius 1 is 1.43 bits per heavy atom. The zero-order chi connectivity index (χ0) is 15.4. The van der Waals surface area contributed by atoms with E-state index in [2.05, 4.69) is 0 Å². The van der Waals surface area contributed by atoms with Gasteiger partial charge < -0.3 is 14.9 Å². The van der Waals surface area contributed by atoms with E-state index in [0.29, 0.717) is 18.0 Å². The fraction of sp³-hybridized carbons (Fsp3) is 0.400. The molecule has 6 heteroatoms. The molecule has 0 aliphatic carbocycles. The number of nitrogens with zero attached hydrogens (tertiary/aromatic N) is 1. The van der Waals surface area contributed by atoms with E-state index in [0.717, 1.165) is 15.6 Å². The number of aliphatic hydroxyl groups is 1. The van der Waals surface area contributed by atoms with Gasteiger partial charge in [-0.05, 0) is 24.1 Å². The maximum atomic E-state index is 11.4. The highest BCUT2D eigenvalue weighted by Crippen LogP contribution is 2.32. The molecule has 1 aromatic heterocycles. The van der Waals surface area contributed by atoms with Gasteiger partial charge in [0.05, 0.1) is 12.7 Å². The van der Waals surface area contributed by atoms with E-state index in [1.165, 1.54) is 18.4 Å². The van der Waals surface area contributed by atoms with Gasteiger partial charge in [-0.15, -0.1) is 11.3 Å². The number of methoxy groups -OCH3 is 1. The molecule has 1 atom stereocenters. The summed E-state index contributed by atoms with van der Waals surface area (Å²) in [6.45, 7) is 1.17. The number of fused-ring (bicyclic) bond motifs is 1. The molecular weight excluding hydrogens is 290 g/mol. The topological polar surface area (TPSA) is 70.0 Å². The van der Waals surface area contributed by atoms with Gasteiger partial charge in [0.15, 0.2) is 0 Å². The number of carboxylic acids is 1. The standard InChI is InChI=1S/C15H19NO4S/c1-16(7-10(17)9-20-2)8-12-11-5-3-4-6-13(11)21-14(12)15(18)19/h3-6,10,17H,7-9H2,1-2H3,(H,18,19). The number of likely N-dealkylation sites (N-methyl/N-ethyl adjacent to an activating group) is 1. The van der Waals surface area contributed by atoms with Gasteiger partial charge in [0.1, 0.15) is 4.88 Å². The quantitative estimate of drug-likeness (QED) is 0.819. The van der Waals surface area contributed by atoms with Gasteiger partial charge in [0.25, 0.3) is 0 Å². The van der Waals surface area contributed by atoms with Gasteiger partial charge in [0.2, 0.25) is 0 Å². The van der Waals surface area contributed by atoms with Crippen molar-refractivity contribution < 1.29 is 19.7 Å². The van der Waals surface area contributed by atoms with Crippen molar-refractivity contribution in [1.82, 2.24) is 4.90 Å². The van der Waals surface area contributed by atoms with E-state index in [1.807, 2.05) is 36.2 Å². The molecule has 0 fully saturated rings. The fourth-order valence-electron chi connectivity index (χ4n) is 2.37. The smallest absolute Gasteiger partial charge is 0.346 e. The molecule has 0 bridgehead atoms. The van der Waals surface area contributed by atoms with Gasteiger partial charge in [-0.25, -0.2) is 4.79 Å². The lowest BCUT2D eigenvalue weighted by atomic mass is 10.1. The summed E-state index contributed by atoms with van der Waals surface area (Å²) in [4.78, 5) is 13.7. The van der Waals surface area contributed by atoms with Crippen molar-refractivity contribution in [2.75, 3.05) is 27.3 Å². The maximum absolute atomic E-state index is 11.4. The molecule has 2 N–H and O–H groups in total. The van der Waals surface area contributed by atoms with Crippen LogP contribution in [0.5, 0.6) is 0 Å². The van der Waals surface area contributed by atoms with E-state index < -0.39 is 12.1 Å². The van der Waals surface area contributed by atoms with Gasteiger partial charge in [-0.3, -0.25) is 4.90 Å². The third kappa shape index (κ3) is 3.79. The van der Waals surface area contributed by atoms with Crippen LogP contribution < -0.4 is 0 Å². The summed E-state index contributed by atoms with van der Waals surface area (Å²) in [6, 6.07) is 7.67. The van der Waals surface area contributed by atoms with Gasteiger partial charge in [0, 0.05) is 24.9 Å². The second-order valence-corrected chi connectivity index (χ2v) is 6.07. The molecule has 0 aliphatic rings. The van der Waals surface area contributed by atoms with Crippen molar-refractivity contribution in [3.8, 4) is 0 Å². The normalized spacial score (nSPS) is 13.0. The molecule has 0 aliphatic heterocycles. The number of carbonyl (C=O) groups is 1. The van der Waals surface area contributed by atoms with Crippen LogP contribution in [0.25, 0.3) is 10.1 Å². The summed E-state index contributed by atoms with van der Waals surface area (Å²) in [6.07, 6.45) is -0.585. The van der Waals surface area contributed by atoms with Crippen LogP contribution in [-0.4, -0.2) is 54.5 Å². The number of rotatable bonds is 7. The second-order valence-electron chi connectivity index (χ2n) is 5.02. The van der Waals surface area contributed by atoms with Crippen LogP contribution in [0, 0.1) is 0 Å². The molecule has 1 heterocycles. The first-order valence-corrected chi connectivity index (χ1v) is 7.43. The Bertz CT molecular complexity index is 625. The number of carboxylic acid groups (broad SMARTS) is 1. The average Bonchev–Trinajstić information content (AvgIpc) is 2.78. The number of ether oxygens (including phenoxy) is 1. The minimum atomic E-state index is -0.906. The van der Waals surface area contributed by atoms with Crippen LogP contribution in [0.1, 0.15) is 15.2 Å². The number of aromatic carboxylic acids is 1. The number of aliphatic hydroxyl groups excluding tert-OH is 1. The monoisotopic (exact) mass is 309 g/mol. The summed E-state index contributed by atoms with van der Waals surface area (Å²) in [7, 11) is 3.40. The lowest BCUT2D eigenvalue weighted by molar-refractivity contribution is 0.0419. The SMILES string of the molecule is COCC(O)CN(C)Cc1c(C(=O)O)sc2ccccc12. The van der Waals surface area contributed by atoms with Crippen molar-refractivity contribution in [3.63, 3.8) is 0 Å². The molecule has 1 unspecified atom stereocenters. The minimum absolute atomic E-state index is 0.264. The van der Waals surface area contributed by atoms with Gasteiger partial charge >= 0.3 is 5.97 Å². The van der Waals surface area contributed by atoms with Crippen LogP contribution >= 0.6 is 11.3 Å². The lowest BCUT2D eigenvalue weighted by Crippen LogP contribution is -2.31. The van der Waals surface area contributed by atoms with E-state index in [-0.39, 0.29) is 6.61 Å². The Labute approximate surface area is 127 Å². The Balaban J connectivity index is 2.24. The largest absolute Gasteiger partial charge is 0.477 e. The van der Waals surface area contributed by atoms with E-state index in [9.17, 15) is 15.0 Å². The maximum Gasteiger partial charge on any atom is 0.346 e. The third-order valence-corrected chi connectivity index (χ3v) is 4.40. The van der Waals surface area contributed by atoms with Crippen LogP contribution in [0.4, 0.5) is 0 Å². The summed E-state index contributed by atoms with van der Waals surface area (Å²) in [5.74, 6) is -0.906. The third-order valence-electron chi connectivity index (χ3n) is 3.20. The molecule has 0 amide bonds. The molecule has 2 rings (SSSR count). The Morgan fingerprint density at radius 3 is 2.81 bits per heavy atom.